The quantitative estimate of drug-likeness (QED) is 0.609. The molecule has 1 N–H and O–H groups in total. The molecule has 0 aliphatic carbocycles. The molecular formula is C25H23NO5. The number of ether oxygens (including phenoxy) is 3. The summed E-state index contributed by atoms with van der Waals surface area (Å²) in [5, 5.41) is 2.86. The molecule has 0 bridgehead atoms. The predicted octanol–water partition coefficient (Wildman–Crippen LogP) is 4.70. The van der Waals surface area contributed by atoms with Gasteiger partial charge in [0.15, 0.2) is 17.6 Å². The Morgan fingerprint density at radius 1 is 0.903 bits per heavy atom. The topological polar surface area (TPSA) is 73.9 Å². The van der Waals surface area contributed by atoms with Gasteiger partial charge in [0.05, 0.1) is 18.8 Å². The van der Waals surface area contributed by atoms with Crippen molar-refractivity contribution in [2.75, 3.05) is 18.5 Å². The van der Waals surface area contributed by atoms with Crippen molar-refractivity contribution in [2.45, 2.75) is 19.4 Å². The SMILES string of the molecule is CC(OC(=O)c1ccc2c(c1)OCCCO2)C(=O)Nc1ccccc1-c1ccccc1. The maximum Gasteiger partial charge on any atom is 0.339 e. The second kappa shape index (κ2) is 9.34. The molecule has 0 radical (unpaired) electrons. The zero-order valence-electron chi connectivity index (χ0n) is 17.2. The first kappa shape index (κ1) is 20.5. The molecule has 1 heterocycles. The average molecular weight is 417 g/mol. The van der Waals surface area contributed by atoms with Gasteiger partial charge in [0.25, 0.3) is 5.91 Å². The minimum absolute atomic E-state index is 0.300. The minimum Gasteiger partial charge on any atom is -0.490 e. The normalized spacial score (nSPS) is 13.6. The predicted molar refractivity (Wildman–Crippen MR) is 117 cm³/mol. The number of hydrogen-bond donors (Lipinski definition) is 1. The lowest BCUT2D eigenvalue weighted by molar-refractivity contribution is -0.123. The Morgan fingerprint density at radius 3 is 2.42 bits per heavy atom. The van der Waals surface area contributed by atoms with Gasteiger partial charge < -0.3 is 19.5 Å². The van der Waals surface area contributed by atoms with Gasteiger partial charge in [0, 0.05) is 17.7 Å². The van der Waals surface area contributed by atoms with Gasteiger partial charge in [-0.2, -0.15) is 0 Å². The zero-order valence-corrected chi connectivity index (χ0v) is 17.2. The van der Waals surface area contributed by atoms with Crippen molar-refractivity contribution in [3.63, 3.8) is 0 Å². The van der Waals surface area contributed by atoms with Crippen LogP contribution in [0, 0.1) is 0 Å². The Morgan fingerprint density at radius 2 is 1.61 bits per heavy atom. The summed E-state index contributed by atoms with van der Waals surface area (Å²) in [5.74, 6) is 0.0823. The van der Waals surface area contributed by atoms with Gasteiger partial charge in [0.2, 0.25) is 0 Å². The van der Waals surface area contributed by atoms with Gasteiger partial charge >= 0.3 is 5.97 Å². The average Bonchev–Trinajstić information content (AvgIpc) is 3.05. The lowest BCUT2D eigenvalue weighted by Crippen LogP contribution is -2.30. The second-order valence-electron chi connectivity index (χ2n) is 7.16. The first-order valence-corrected chi connectivity index (χ1v) is 10.2. The molecule has 6 heteroatoms. The van der Waals surface area contributed by atoms with Gasteiger partial charge in [-0.05, 0) is 36.8 Å². The van der Waals surface area contributed by atoms with E-state index in [2.05, 4.69) is 5.32 Å². The lowest BCUT2D eigenvalue weighted by Gasteiger charge is -2.16. The number of esters is 1. The molecule has 1 aliphatic heterocycles. The van der Waals surface area contributed by atoms with Gasteiger partial charge in [-0.15, -0.1) is 0 Å². The highest BCUT2D eigenvalue weighted by molar-refractivity contribution is 6.00. The van der Waals surface area contributed by atoms with Crippen LogP contribution in [0.1, 0.15) is 23.7 Å². The largest absolute Gasteiger partial charge is 0.490 e. The monoisotopic (exact) mass is 417 g/mol. The van der Waals surface area contributed by atoms with Crippen molar-refractivity contribution in [1.29, 1.82) is 0 Å². The highest BCUT2D eigenvalue weighted by atomic mass is 16.5. The molecule has 1 aliphatic rings. The number of nitrogens with one attached hydrogen (secondary N) is 1. The Hall–Kier alpha value is -3.80. The first-order valence-electron chi connectivity index (χ1n) is 10.2. The summed E-state index contributed by atoms with van der Waals surface area (Å²) in [6, 6.07) is 22.1. The lowest BCUT2D eigenvalue weighted by atomic mass is 10.0. The maximum atomic E-state index is 12.7. The van der Waals surface area contributed by atoms with E-state index in [0.29, 0.717) is 36.0 Å². The van der Waals surface area contributed by atoms with Crippen LogP contribution < -0.4 is 14.8 Å². The molecule has 1 unspecified atom stereocenters. The van der Waals surface area contributed by atoms with Crippen LogP contribution in [0.4, 0.5) is 5.69 Å². The minimum atomic E-state index is -0.979. The second-order valence-corrected chi connectivity index (χ2v) is 7.16. The number of para-hydroxylation sites is 1. The van der Waals surface area contributed by atoms with Gasteiger partial charge in [0.1, 0.15) is 0 Å². The Kier molecular flexibility index (Phi) is 6.17. The van der Waals surface area contributed by atoms with E-state index in [1.165, 1.54) is 0 Å². The number of hydrogen-bond acceptors (Lipinski definition) is 5. The highest BCUT2D eigenvalue weighted by Gasteiger charge is 2.21. The molecule has 31 heavy (non-hydrogen) atoms. The summed E-state index contributed by atoms with van der Waals surface area (Å²) < 4.78 is 16.6. The number of rotatable bonds is 5. The van der Waals surface area contributed by atoms with Crippen LogP contribution in [0.15, 0.2) is 72.8 Å². The Bertz CT molecular complexity index is 1080. The maximum absolute atomic E-state index is 12.7. The molecule has 0 saturated heterocycles. The molecule has 0 fully saturated rings. The van der Waals surface area contributed by atoms with Crippen LogP contribution in [0.5, 0.6) is 11.5 Å². The summed E-state index contributed by atoms with van der Waals surface area (Å²) in [6.07, 6.45) is -0.205. The summed E-state index contributed by atoms with van der Waals surface area (Å²) in [6.45, 7) is 2.63. The molecule has 6 nitrogen and oxygen atoms in total. The van der Waals surface area contributed by atoms with E-state index in [0.717, 1.165) is 17.5 Å². The number of carbonyl (C=O) groups excluding carboxylic acids is 2. The molecule has 0 spiro atoms. The van der Waals surface area contributed by atoms with Crippen LogP contribution in [0.2, 0.25) is 0 Å². The summed E-state index contributed by atoms with van der Waals surface area (Å²) in [4.78, 5) is 25.3. The van der Waals surface area contributed by atoms with Crippen molar-refractivity contribution < 1.29 is 23.8 Å². The third-order valence-electron chi connectivity index (χ3n) is 4.91. The van der Waals surface area contributed by atoms with Gasteiger partial charge in [-0.25, -0.2) is 4.79 Å². The van der Waals surface area contributed by atoms with E-state index in [1.807, 2.05) is 54.6 Å². The molecule has 4 rings (SSSR count). The van der Waals surface area contributed by atoms with E-state index < -0.39 is 18.0 Å². The number of benzene rings is 3. The molecule has 3 aromatic rings. The van der Waals surface area contributed by atoms with E-state index in [-0.39, 0.29) is 0 Å². The van der Waals surface area contributed by atoms with E-state index in [1.54, 1.807) is 25.1 Å². The Balaban J connectivity index is 1.44. The summed E-state index contributed by atoms with van der Waals surface area (Å²) in [5.41, 5.74) is 2.82. The molecule has 3 aromatic carbocycles. The zero-order chi connectivity index (χ0) is 21.6. The summed E-state index contributed by atoms with van der Waals surface area (Å²) >= 11 is 0. The first-order chi connectivity index (χ1) is 15.1. The number of fused-ring (bicyclic) bond motifs is 1. The fourth-order valence-electron chi connectivity index (χ4n) is 3.27. The van der Waals surface area contributed by atoms with Crippen LogP contribution in [-0.2, 0) is 9.53 Å². The van der Waals surface area contributed by atoms with Gasteiger partial charge in [-0.3, -0.25) is 4.79 Å². The molecule has 0 aromatic heterocycles. The van der Waals surface area contributed by atoms with E-state index in [9.17, 15) is 9.59 Å². The van der Waals surface area contributed by atoms with Crippen molar-refractivity contribution in [3.05, 3.63) is 78.4 Å². The van der Waals surface area contributed by atoms with Crippen molar-refractivity contribution in [2.24, 2.45) is 0 Å². The fourth-order valence-corrected chi connectivity index (χ4v) is 3.27. The molecular weight excluding hydrogens is 394 g/mol. The standard InChI is InChI=1S/C25H23NO5/c1-17(31-25(28)19-12-13-22-23(16-19)30-15-7-14-29-22)24(27)26-21-11-6-5-10-20(21)18-8-3-2-4-9-18/h2-6,8-13,16-17H,7,14-15H2,1H3,(H,26,27). The van der Waals surface area contributed by atoms with Crippen molar-refractivity contribution >= 4 is 17.6 Å². The third kappa shape index (κ3) is 4.86. The molecule has 1 amide bonds. The van der Waals surface area contributed by atoms with E-state index >= 15 is 0 Å². The summed E-state index contributed by atoms with van der Waals surface area (Å²) in [7, 11) is 0. The van der Waals surface area contributed by atoms with Crippen LogP contribution in [0.3, 0.4) is 0 Å². The van der Waals surface area contributed by atoms with Crippen LogP contribution >= 0.6 is 0 Å². The molecule has 1 atom stereocenters. The molecule has 0 saturated carbocycles. The fraction of sp³-hybridized carbons (Fsp3) is 0.200. The number of anilines is 1. The Labute approximate surface area is 180 Å². The van der Waals surface area contributed by atoms with Gasteiger partial charge in [-0.1, -0.05) is 48.5 Å². The highest BCUT2D eigenvalue weighted by Crippen LogP contribution is 2.31. The van der Waals surface area contributed by atoms with Crippen molar-refractivity contribution in [3.8, 4) is 22.6 Å². The van der Waals surface area contributed by atoms with Crippen LogP contribution in [0.25, 0.3) is 11.1 Å². The van der Waals surface area contributed by atoms with Crippen molar-refractivity contribution in [1.82, 2.24) is 0 Å². The van der Waals surface area contributed by atoms with E-state index in [4.69, 9.17) is 14.2 Å². The number of amides is 1. The van der Waals surface area contributed by atoms with Crippen LogP contribution in [-0.4, -0.2) is 31.2 Å². The third-order valence-corrected chi connectivity index (χ3v) is 4.91. The molecule has 158 valence electrons. The smallest absolute Gasteiger partial charge is 0.339 e. The number of carbonyl (C=O) groups is 2.